The van der Waals surface area contributed by atoms with Crippen LogP contribution < -0.4 is 4.90 Å². The van der Waals surface area contributed by atoms with Crippen molar-refractivity contribution >= 4 is 5.82 Å². The molecule has 3 aromatic rings. The van der Waals surface area contributed by atoms with Crippen molar-refractivity contribution in [3.05, 3.63) is 54.5 Å². The van der Waals surface area contributed by atoms with E-state index in [1.54, 1.807) is 12.4 Å². The molecule has 4 heterocycles. The molecule has 0 aliphatic carbocycles. The van der Waals surface area contributed by atoms with E-state index in [4.69, 9.17) is 0 Å². The molecule has 1 aliphatic rings. The van der Waals surface area contributed by atoms with Crippen molar-refractivity contribution in [1.82, 2.24) is 24.5 Å². The number of imidazole rings is 1. The molecule has 1 aliphatic heterocycles. The van der Waals surface area contributed by atoms with Crippen molar-refractivity contribution in [2.45, 2.75) is 26.2 Å². The van der Waals surface area contributed by atoms with E-state index >= 15 is 0 Å². The Bertz CT molecular complexity index is 873. The largest absolute Gasteiger partial charge is 0.356 e. The fraction of sp³-hybridized carbons (Fsp3) is 0.400. The second-order valence-electron chi connectivity index (χ2n) is 6.95. The Morgan fingerprint density at radius 1 is 1.08 bits per heavy atom. The molecule has 0 saturated carbocycles. The lowest BCUT2D eigenvalue weighted by atomic mass is 9.92. The van der Waals surface area contributed by atoms with Crippen molar-refractivity contribution in [2.24, 2.45) is 13.0 Å². The summed E-state index contributed by atoms with van der Waals surface area (Å²) in [4.78, 5) is 20.6. The van der Waals surface area contributed by atoms with Crippen molar-refractivity contribution in [3.63, 3.8) is 0 Å². The van der Waals surface area contributed by atoms with Gasteiger partial charge in [-0.2, -0.15) is 0 Å². The number of hydrogen-bond acceptors (Lipinski definition) is 5. The average Bonchev–Trinajstić information content (AvgIpc) is 3.02. The van der Waals surface area contributed by atoms with Gasteiger partial charge in [0.2, 0.25) is 0 Å². The Labute approximate surface area is 154 Å². The minimum absolute atomic E-state index is 0.551. The summed E-state index contributed by atoms with van der Waals surface area (Å²) in [6.45, 7) is 4.09. The fourth-order valence-electron chi connectivity index (χ4n) is 3.71. The lowest BCUT2D eigenvalue weighted by Crippen LogP contribution is -2.36. The van der Waals surface area contributed by atoms with Gasteiger partial charge >= 0.3 is 0 Å². The maximum Gasteiger partial charge on any atom is 0.128 e. The van der Waals surface area contributed by atoms with Crippen LogP contribution >= 0.6 is 0 Å². The first-order chi connectivity index (χ1) is 12.7. The van der Waals surface area contributed by atoms with Gasteiger partial charge < -0.3 is 9.47 Å². The molecule has 0 aromatic carbocycles. The average molecular weight is 348 g/mol. The van der Waals surface area contributed by atoms with E-state index in [1.165, 1.54) is 12.8 Å². The molecule has 0 spiro atoms. The molecule has 0 bridgehead atoms. The molecule has 1 saturated heterocycles. The van der Waals surface area contributed by atoms with E-state index in [1.807, 2.05) is 32.4 Å². The van der Waals surface area contributed by atoms with Gasteiger partial charge in [0.15, 0.2) is 0 Å². The molecule has 0 radical (unpaired) electrons. The number of aryl methyl sites for hydroxylation is 1. The molecule has 6 heteroatoms. The number of aromatic nitrogens is 5. The van der Waals surface area contributed by atoms with E-state index in [2.05, 4.69) is 41.5 Å². The van der Waals surface area contributed by atoms with Crippen molar-refractivity contribution in [2.75, 3.05) is 18.0 Å². The Balaban J connectivity index is 1.55. The van der Waals surface area contributed by atoms with Crippen molar-refractivity contribution < 1.29 is 0 Å². The highest BCUT2D eigenvalue weighted by Crippen LogP contribution is 2.27. The zero-order valence-corrected chi connectivity index (χ0v) is 15.3. The third-order valence-corrected chi connectivity index (χ3v) is 5.21. The normalized spacial score (nSPS) is 17.5. The monoisotopic (exact) mass is 348 g/mol. The minimum Gasteiger partial charge on any atom is -0.356 e. The van der Waals surface area contributed by atoms with Gasteiger partial charge in [-0.25, -0.2) is 9.97 Å². The highest BCUT2D eigenvalue weighted by Gasteiger charge is 2.23. The lowest BCUT2D eigenvalue weighted by molar-refractivity contribution is 0.408. The van der Waals surface area contributed by atoms with Crippen LogP contribution in [-0.4, -0.2) is 37.6 Å². The number of rotatable bonds is 4. The fourth-order valence-corrected chi connectivity index (χ4v) is 3.71. The van der Waals surface area contributed by atoms with Crippen LogP contribution in [0.3, 0.4) is 0 Å². The van der Waals surface area contributed by atoms with E-state index < -0.39 is 0 Å². The molecule has 1 atom stereocenters. The number of anilines is 1. The molecular formula is C20H24N6. The van der Waals surface area contributed by atoms with Crippen LogP contribution in [0.25, 0.3) is 11.4 Å². The highest BCUT2D eigenvalue weighted by atomic mass is 15.2. The Morgan fingerprint density at radius 2 is 1.96 bits per heavy atom. The second kappa shape index (κ2) is 7.23. The molecule has 134 valence electrons. The van der Waals surface area contributed by atoms with Crippen molar-refractivity contribution in [1.29, 1.82) is 0 Å². The Morgan fingerprint density at radius 3 is 2.73 bits per heavy atom. The first kappa shape index (κ1) is 16.7. The molecule has 26 heavy (non-hydrogen) atoms. The third-order valence-electron chi connectivity index (χ3n) is 5.21. The summed E-state index contributed by atoms with van der Waals surface area (Å²) in [5, 5.41) is 0. The molecule has 0 N–H and O–H groups in total. The number of nitrogens with zero attached hydrogens (tertiary/aromatic N) is 6. The van der Waals surface area contributed by atoms with Crippen LogP contribution in [0.1, 0.15) is 24.4 Å². The van der Waals surface area contributed by atoms with Gasteiger partial charge in [0, 0.05) is 38.7 Å². The van der Waals surface area contributed by atoms with Gasteiger partial charge in [0.1, 0.15) is 17.3 Å². The molecule has 4 rings (SSSR count). The third kappa shape index (κ3) is 3.31. The summed E-state index contributed by atoms with van der Waals surface area (Å²) in [5.74, 6) is 2.60. The van der Waals surface area contributed by atoms with Crippen LogP contribution in [-0.2, 0) is 13.5 Å². The van der Waals surface area contributed by atoms with Crippen LogP contribution in [0, 0.1) is 12.8 Å². The molecular weight excluding hydrogens is 324 g/mol. The molecule has 0 amide bonds. The lowest BCUT2D eigenvalue weighted by Gasteiger charge is -2.33. The molecule has 6 nitrogen and oxygen atoms in total. The van der Waals surface area contributed by atoms with Crippen LogP contribution in [0.5, 0.6) is 0 Å². The minimum atomic E-state index is 0.551. The molecule has 1 unspecified atom stereocenters. The first-order valence-electron chi connectivity index (χ1n) is 9.17. The SMILES string of the molecule is Cc1ncc(-c2nccnc2CC2CCCN(c3ccccn3)C2)n1C. The predicted octanol–water partition coefficient (Wildman–Crippen LogP) is 3.04. The van der Waals surface area contributed by atoms with Gasteiger partial charge in [-0.15, -0.1) is 0 Å². The van der Waals surface area contributed by atoms with Gasteiger partial charge in [0.25, 0.3) is 0 Å². The standard InChI is InChI=1S/C20H24N6/c1-15-24-13-18(25(15)2)20-17(21-9-10-23-20)12-16-6-5-11-26(14-16)19-7-3-4-8-22-19/h3-4,7-10,13,16H,5-6,11-12,14H2,1-2H3. The zero-order chi connectivity index (χ0) is 17.9. The van der Waals surface area contributed by atoms with E-state index in [-0.39, 0.29) is 0 Å². The number of pyridine rings is 1. The number of piperidine rings is 1. The van der Waals surface area contributed by atoms with Gasteiger partial charge in [-0.3, -0.25) is 9.97 Å². The summed E-state index contributed by atoms with van der Waals surface area (Å²) in [7, 11) is 2.03. The highest BCUT2D eigenvalue weighted by molar-refractivity contribution is 5.57. The molecule has 3 aromatic heterocycles. The van der Waals surface area contributed by atoms with Gasteiger partial charge in [-0.1, -0.05) is 6.07 Å². The van der Waals surface area contributed by atoms with Crippen LogP contribution in [0.2, 0.25) is 0 Å². The summed E-state index contributed by atoms with van der Waals surface area (Å²) in [6, 6.07) is 6.11. The summed E-state index contributed by atoms with van der Waals surface area (Å²) in [5.41, 5.74) is 3.04. The van der Waals surface area contributed by atoms with E-state index in [0.717, 1.165) is 48.2 Å². The Kier molecular flexibility index (Phi) is 4.65. The summed E-state index contributed by atoms with van der Waals surface area (Å²) in [6.07, 6.45) is 10.6. The predicted molar refractivity (Wildman–Crippen MR) is 102 cm³/mol. The van der Waals surface area contributed by atoms with E-state index in [9.17, 15) is 0 Å². The quantitative estimate of drug-likeness (QED) is 0.725. The topological polar surface area (TPSA) is 59.7 Å². The first-order valence-corrected chi connectivity index (χ1v) is 9.17. The van der Waals surface area contributed by atoms with Crippen LogP contribution in [0.15, 0.2) is 43.0 Å². The maximum absolute atomic E-state index is 4.66. The maximum atomic E-state index is 4.66. The van der Waals surface area contributed by atoms with Gasteiger partial charge in [-0.05, 0) is 44.2 Å². The van der Waals surface area contributed by atoms with Crippen LogP contribution in [0.4, 0.5) is 5.82 Å². The summed E-state index contributed by atoms with van der Waals surface area (Å²) < 4.78 is 2.08. The smallest absolute Gasteiger partial charge is 0.128 e. The summed E-state index contributed by atoms with van der Waals surface area (Å²) >= 11 is 0. The van der Waals surface area contributed by atoms with E-state index in [0.29, 0.717) is 5.92 Å². The number of hydrogen-bond donors (Lipinski definition) is 0. The molecule has 1 fully saturated rings. The van der Waals surface area contributed by atoms with Gasteiger partial charge in [0.05, 0.1) is 17.6 Å². The Hall–Kier alpha value is -2.76. The zero-order valence-electron chi connectivity index (χ0n) is 15.3. The van der Waals surface area contributed by atoms with Crippen molar-refractivity contribution in [3.8, 4) is 11.4 Å². The second-order valence-corrected chi connectivity index (χ2v) is 6.95.